The molecule has 0 aromatic heterocycles. The van der Waals surface area contributed by atoms with Crippen LogP contribution >= 0.6 is 0 Å². The molecule has 0 aromatic rings. The zero-order chi connectivity index (χ0) is 8.04. The van der Waals surface area contributed by atoms with Gasteiger partial charge in [0.05, 0.1) is 6.26 Å². The van der Waals surface area contributed by atoms with E-state index in [0.717, 1.165) is 13.2 Å². The Morgan fingerprint density at radius 1 is 1.30 bits per heavy atom. The van der Waals surface area contributed by atoms with Gasteiger partial charge in [0.2, 0.25) is 0 Å². The summed E-state index contributed by atoms with van der Waals surface area (Å²) in [5.41, 5.74) is 0. The molecule has 5 heteroatoms. The number of hydrogen-bond acceptors (Lipinski definition) is 3. The Balaban J connectivity index is 0.000000162. The van der Waals surface area contributed by atoms with E-state index in [1.807, 2.05) is 0 Å². The highest BCUT2D eigenvalue weighted by atomic mass is 32.2. The fourth-order valence-corrected chi connectivity index (χ4v) is 0.510. The van der Waals surface area contributed by atoms with Gasteiger partial charge in [0.25, 0.3) is 10.1 Å². The topological polar surface area (TPSA) is 63.6 Å². The van der Waals surface area contributed by atoms with Gasteiger partial charge in [-0.05, 0) is 12.8 Å². The molecule has 1 rings (SSSR count). The molecule has 4 nitrogen and oxygen atoms in total. The molecule has 1 fully saturated rings. The zero-order valence-corrected chi connectivity index (χ0v) is 6.73. The molecular weight excluding hydrogens is 156 g/mol. The quantitative estimate of drug-likeness (QED) is 0.528. The molecule has 0 unspecified atom stereocenters. The van der Waals surface area contributed by atoms with Crippen molar-refractivity contribution in [1.82, 2.24) is 0 Å². The van der Waals surface area contributed by atoms with Crippen LogP contribution in [0.1, 0.15) is 12.8 Å². The van der Waals surface area contributed by atoms with Gasteiger partial charge in [0, 0.05) is 13.2 Å². The smallest absolute Gasteiger partial charge is 0.261 e. The van der Waals surface area contributed by atoms with Crippen LogP contribution in [0.5, 0.6) is 0 Å². The predicted molar refractivity (Wildman–Crippen MR) is 37.5 cm³/mol. The predicted octanol–water partition coefficient (Wildman–Crippen LogP) is 0.301. The first kappa shape index (κ1) is 9.87. The van der Waals surface area contributed by atoms with Crippen LogP contribution in [0.3, 0.4) is 0 Å². The van der Waals surface area contributed by atoms with E-state index in [9.17, 15) is 8.42 Å². The standard InChI is InChI=1S/C4H8O.CH4O3S/c1-2-4-5-3-1;1-5(2,3)4/h1-4H2;1H3,(H,2,3,4). The zero-order valence-electron chi connectivity index (χ0n) is 5.91. The summed E-state index contributed by atoms with van der Waals surface area (Å²) >= 11 is 0. The molecule has 0 amide bonds. The number of rotatable bonds is 0. The fourth-order valence-electron chi connectivity index (χ4n) is 0.510. The molecule has 1 heterocycles. The first-order valence-corrected chi connectivity index (χ1v) is 4.85. The molecular formula is C5H12O4S. The second-order valence-electron chi connectivity index (χ2n) is 2.05. The minimum absolute atomic E-state index is 0.715. The van der Waals surface area contributed by atoms with Crippen molar-refractivity contribution in [2.45, 2.75) is 12.8 Å². The van der Waals surface area contributed by atoms with Crippen molar-refractivity contribution in [2.24, 2.45) is 0 Å². The molecule has 1 aliphatic heterocycles. The maximum absolute atomic E-state index is 9.19. The summed E-state index contributed by atoms with van der Waals surface area (Å²) in [4.78, 5) is 0. The Morgan fingerprint density at radius 2 is 1.60 bits per heavy atom. The minimum Gasteiger partial charge on any atom is -0.381 e. The minimum atomic E-state index is -3.67. The summed E-state index contributed by atoms with van der Waals surface area (Å²) in [5.74, 6) is 0. The summed E-state index contributed by atoms with van der Waals surface area (Å²) in [5, 5.41) is 0. The Hall–Kier alpha value is -0.130. The molecule has 1 saturated heterocycles. The third-order valence-electron chi connectivity index (χ3n) is 0.827. The average molecular weight is 168 g/mol. The van der Waals surface area contributed by atoms with Crippen LogP contribution in [0, 0.1) is 0 Å². The molecule has 0 aromatic carbocycles. The Labute approximate surface area is 60.9 Å². The fraction of sp³-hybridized carbons (Fsp3) is 1.00. The highest BCUT2D eigenvalue weighted by molar-refractivity contribution is 7.85. The summed E-state index contributed by atoms with van der Waals surface area (Å²) in [6.45, 7) is 2.00. The summed E-state index contributed by atoms with van der Waals surface area (Å²) in [6, 6.07) is 0. The number of hydrogen-bond donors (Lipinski definition) is 1. The first-order valence-electron chi connectivity index (χ1n) is 3.00. The lowest BCUT2D eigenvalue weighted by Gasteiger charge is -1.76. The third-order valence-corrected chi connectivity index (χ3v) is 0.827. The lowest BCUT2D eigenvalue weighted by molar-refractivity contribution is 0.198. The van der Waals surface area contributed by atoms with Crippen molar-refractivity contribution in [3.05, 3.63) is 0 Å². The summed E-state index contributed by atoms with van der Waals surface area (Å²) in [6.07, 6.45) is 3.27. The van der Waals surface area contributed by atoms with Crippen LogP contribution in [-0.4, -0.2) is 32.4 Å². The average Bonchev–Trinajstić information content (AvgIpc) is 2.07. The SMILES string of the molecule is C1CCOC1.CS(=O)(=O)O. The molecule has 0 saturated carbocycles. The normalized spacial score (nSPS) is 17.8. The van der Waals surface area contributed by atoms with E-state index in [4.69, 9.17) is 9.29 Å². The van der Waals surface area contributed by atoms with E-state index in [1.165, 1.54) is 12.8 Å². The Kier molecular flexibility index (Phi) is 4.59. The van der Waals surface area contributed by atoms with Gasteiger partial charge in [-0.2, -0.15) is 8.42 Å². The number of ether oxygens (including phenoxy) is 1. The van der Waals surface area contributed by atoms with Gasteiger partial charge in [0.1, 0.15) is 0 Å². The van der Waals surface area contributed by atoms with Crippen LogP contribution in [-0.2, 0) is 14.9 Å². The first-order chi connectivity index (χ1) is 4.50. The monoisotopic (exact) mass is 168 g/mol. The largest absolute Gasteiger partial charge is 0.381 e. The molecule has 0 spiro atoms. The molecule has 1 aliphatic rings. The van der Waals surface area contributed by atoms with Gasteiger partial charge in [-0.15, -0.1) is 0 Å². The van der Waals surface area contributed by atoms with Gasteiger partial charge in [-0.25, -0.2) is 0 Å². The maximum Gasteiger partial charge on any atom is 0.261 e. The van der Waals surface area contributed by atoms with E-state index in [1.54, 1.807) is 0 Å². The van der Waals surface area contributed by atoms with Crippen LogP contribution in [0.4, 0.5) is 0 Å². The van der Waals surface area contributed by atoms with E-state index in [0.29, 0.717) is 6.26 Å². The van der Waals surface area contributed by atoms with Crippen LogP contribution < -0.4 is 0 Å². The van der Waals surface area contributed by atoms with Crippen molar-refractivity contribution < 1.29 is 17.7 Å². The maximum atomic E-state index is 9.19. The highest BCUT2D eigenvalue weighted by Crippen LogP contribution is 1.98. The van der Waals surface area contributed by atoms with Crippen LogP contribution in [0.15, 0.2) is 0 Å². The second kappa shape index (κ2) is 4.65. The van der Waals surface area contributed by atoms with E-state index in [-0.39, 0.29) is 0 Å². The van der Waals surface area contributed by atoms with Crippen molar-refractivity contribution in [2.75, 3.05) is 19.5 Å². The van der Waals surface area contributed by atoms with Gasteiger partial charge in [0.15, 0.2) is 0 Å². The van der Waals surface area contributed by atoms with E-state index in [2.05, 4.69) is 0 Å². The van der Waals surface area contributed by atoms with Gasteiger partial charge >= 0.3 is 0 Å². The van der Waals surface area contributed by atoms with Crippen molar-refractivity contribution in [1.29, 1.82) is 0 Å². The van der Waals surface area contributed by atoms with Crippen LogP contribution in [0.25, 0.3) is 0 Å². The van der Waals surface area contributed by atoms with Crippen molar-refractivity contribution >= 4 is 10.1 Å². The molecule has 0 bridgehead atoms. The van der Waals surface area contributed by atoms with E-state index >= 15 is 0 Å². The second-order valence-corrected chi connectivity index (χ2v) is 3.52. The Bertz CT molecular complexity index is 141. The lowest BCUT2D eigenvalue weighted by Crippen LogP contribution is -1.88. The van der Waals surface area contributed by atoms with Gasteiger partial charge < -0.3 is 4.74 Å². The lowest BCUT2D eigenvalue weighted by atomic mass is 10.4. The molecule has 0 aliphatic carbocycles. The highest BCUT2D eigenvalue weighted by Gasteiger charge is 1.94. The van der Waals surface area contributed by atoms with Crippen molar-refractivity contribution in [3.8, 4) is 0 Å². The molecule has 62 valence electrons. The van der Waals surface area contributed by atoms with Crippen LogP contribution in [0.2, 0.25) is 0 Å². The van der Waals surface area contributed by atoms with Crippen molar-refractivity contribution in [3.63, 3.8) is 0 Å². The molecule has 10 heavy (non-hydrogen) atoms. The third kappa shape index (κ3) is 15.7. The Morgan fingerprint density at radius 3 is 1.70 bits per heavy atom. The molecule has 1 N–H and O–H groups in total. The molecule has 0 atom stereocenters. The summed E-state index contributed by atoms with van der Waals surface area (Å²) in [7, 11) is -3.67. The van der Waals surface area contributed by atoms with E-state index < -0.39 is 10.1 Å². The molecule has 0 radical (unpaired) electrons. The van der Waals surface area contributed by atoms with Gasteiger partial charge in [-0.3, -0.25) is 4.55 Å². The van der Waals surface area contributed by atoms with Gasteiger partial charge in [-0.1, -0.05) is 0 Å². The summed E-state index contributed by atoms with van der Waals surface area (Å²) < 4.78 is 30.8.